The van der Waals surface area contributed by atoms with Crippen LogP contribution < -0.4 is 4.74 Å². The summed E-state index contributed by atoms with van der Waals surface area (Å²) in [6.45, 7) is 1.87. The molecule has 2 heteroatoms. The number of rotatable bonds is 0. The van der Waals surface area contributed by atoms with E-state index in [-0.39, 0.29) is 6.10 Å². The van der Waals surface area contributed by atoms with E-state index in [1.807, 2.05) is 31.2 Å². The molecule has 1 N–H and O–H groups in total. The van der Waals surface area contributed by atoms with Gasteiger partial charge in [-0.15, -0.1) is 0 Å². The van der Waals surface area contributed by atoms with E-state index in [1.54, 1.807) is 0 Å². The molecule has 0 saturated heterocycles. The average Bonchev–Trinajstić information content (AvgIpc) is 2.30. The Kier molecular flexibility index (Phi) is 1.36. The lowest BCUT2D eigenvalue weighted by atomic mass is 10.1. The molecule has 0 bridgehead atoms. The number of ether oxygens (including phenoxy) is 1. The zero-order valence-electron chi connectivity index (χ0n) is 6.32. The van der Waals surface area contributed by atoms with E-state index >= 15 is 0 Å². The van der Waals surface area contributed by atoms with Gasteiger partial charge in [-0.05, 0) is 13.0 Å². The highest BCUT2D eigenvalue weighted by Crippen LogP contribution is 2.35. The summed E-state index contributed by atoms with van der Waals surface area (Å²) in [5, 5.41) is 9.52. The highest BCUT2D eigenvalue weighted by molar-refractivity contribution is 5.39. The van der Waals surface area contributed by atoms with Crippen LogP contribution in [0.3, 0.4) is 0 Å². The Labute approximate surface area is 65.4 Å². The quantitative estimate of drug-likeness (QED) is 0.607. The van der Waals surface area contributed by atoms with Crippen LogP contribution in [0.25, 0.3) is 0 Å². The van der Waals surface area contributed by atoms with Gasteiger partial charge in [0.1, 0.15) is 18.0 Å². The molecule has 1 heterocycles. The van der Waals surface area contributed by atoms with E-state index in [9.17, 15) is 5.11 Å². The van der Waals surface area contributed by atoms with Gasteiger partial charge in [0.2, 0.25) is 0 Å². The van der Waals surface area contributed by atoms with Crippen molar-refractivity contribution < 1.29 is 9.84 Å². The Bertz CT molecular complexity index is 270. The second-order valence-corrected chi connectivity index (χ2v) is 2.81. The van der Waals surface area contributed by atoms with Crippen LogP contribution in [0.15, 0.2) is 24.3 Å². The summed E-state index contributed by atoms with van der Waals surface area (Å²) < 4.78 is 5.37. The molecule has 1 aromatic carbocycles. The van der Waals surface area contributed by atoms with Crippen molar-refractivity contribution in [2.75, 3.05) is 0 Å². The first-order valence-electron chi connectivity index (χ1n) is 3.72. The number of hydrogen-bond donors (Lipinski definition) is 1. The minimum atomic E-state index is -0.453. The first kappa shape index (κ1) is 6.68. The normalized spacial score (nSPS) is 27.8. The van der Waals surface area contributed by atoms with E-state index in [0.717, 1.165) is 11.3 Å². The maximum absolute atomic E-state index is 9.52. The molecule has 0 spiro atoms. The molecule has 11 heavy (non-hydrogen) atoms. The molecule has 0 amide bonds. The molecule has 1 aliphatic rings. The van der Waals surface area contributed by atoms with Crippen LogP contribution in [0.5, 0.6) is 5.75 Å². The molecular weight excluding hydrogens is 140 g/mol. The molecule has 0 radical (unpaired) electrons. The number of hydrogen-bond acceptors (Lipinski definition) is 2. The van der Waals surface area contributed by atoms with E-state index < -0.39 is 6.10 Å². The van der Waals surface area contributed by atoms with Crippen LogP contribution in [0.2, 0.25) is 0 Å². The average molecular weight is 150 g/mol. The fourth-order valence-electron chi connectivity index (χ4n) is 1.35. The molecule has 0 unspecified atom stereocenters. The maximum atomic E-state index is 9.52. The zero-order valence-corrected chi connectivity index (χ0v) is 6.32. The molecule has 58 valence electrons. The predicted octanol–water partition coefficient (Wildman–Crippen LogP) is 1.50. The summed E-state index contributed by atoms with van der Waals surface area (Å²) >= 11 is 0. The number of para-hydroxylation sites is 1. The zero-order chi connectivity index (χ0) is 7.84. The Morgan fingerprint density at radius 1 is 1.36 bits per heavy atom. The van der Waals surface area contributed by atoms with E-state index in [2.05, 4.69) is 0 Å². The lowest BCUT2D eigenvalue weighted by molar-refractivity contribution is 0.0796. The molecule has 2 rings (SSSR count). The third-order valence-corrected chi connectivity index (χ3v) is 2.00. The van der Waals surface area contributed by atoms with Crippen molar-refractivity contribution in [2.45, 2.75) is 19.1 Å². The lowest BCUT2D eigenvalue weighted by Crippen LogP contribution is -2.12. The molecule has 0 saturated carbocycles. The van der Waals surface area contributed by atoms with E-state index in [0.29, 0.717) is 0 Å². The van der Waals surface area contributed by atoms with Gasteiger partial charge in [0, 0.05) is 5.56 Å². The second kappa shape index (κ2) is 2.24. The molecular formula is C9H10O2. The SMILES string of the molecule is C[C@H]1Oc2ccccc2[C@@H]1O. The van der Waals surface area contributed by atoms with Crippen LogP contribution in [0, 0.1) is 0 Å². The lowest BCUT2D eigenvalue weighted by Gasteiger charge is -2.06. The van der Waals surface area contributed by atoms with Crippen molar-refractivity contribution in [1.29, 1.82) is 0 Å². The van der Waals surface area contributed by atoms with Crippen molar-refractivity contribution in [3.05, 3.63) is 29.8 Å². The highest BCUT2D eigenvalue weighted by Gasteiger charge is 2.28. The van der Waals surface area contributed by atoms with Gasteiger partial charge in [-0.1, -0.05) is 18.2 Å². The summed E-state index contributed by atoms with van der Waals surface area (Å²) in [6, 6.07) is 7.58. The fraction of sp³-hybridized carbons (Fsp3) is 0.333. The minimum Gasteiger partial charge on any atom is -0.487 e. The predicted molar refractivity (Wildman–Crippen MR) is 41.5 cm³/mol. The fourth-order valence-corrected chi connectivity index (χ4v) is 1.35. The summed E-state index contributed by atoms with van der Waals surface area (Å²) in [7, 11) is 0. The van der Waals surface area contributed by atoms with E-state index in [4.69, 9.17) is 4.74 Å². The Morgan fingerprint density at radius 2 is 2.09 bits per heavy atom. The molecule has 0 fully saturated rings. The van der Waals surface area contributed by atoms with Crippen LogP contribution in [-0.4, -0.2) is 11.2 Å². The standard InChI is InChI=1S/C9H10O2/c1-6-9(10)7-4-2-3-5-8(7)11-6/h2-6,9-10H,1H3/t6-,9-/m1/s1. The van der Waals surface area contributed by atoms with Gasteiger partial charge >= 0.3 is 0 Å². The van der Waals surface area contributed by atoms with Crippen LogP contribution in [0.4, 0.5) is 0 Å². The molecule has 0 aromatic heterocycles. The van der Waals surface area contributed by atoms with Gasteiger partial charge in [-0.25, -0.2) is 0 Å². The second-order valence-electron chi connectivity index (χ2n) is 2.81. The maximum Gasteiger partial charge on any atom is 0.126 e. The van der Waals surface area contributed by atoms with E-state index in [1.165, 1.54) is 0 Å². The smallest absolute Gasteiger partial charge is 0.126 e. The van der Waals surface area contributed by atoms with Crippen molar-refractivity contribution in [3.63, 3.8) is 0 Å². The largest absolute Gasteiger partial charge is 0.487 e. The van der Waals surface area contributed by atoms with Crippen LogP contribution >= 0.6 is 0 Å². The first-order valence-corrected chi connectivity index (χ1v) is 3.72. The van der Waals surface area contributed by atoms with Gasteiger partial charge < -0.3 is 9.84 Å². The van der Waals surface area contributed by atoms with Gasteiger partial charge in [0.25, 0.3) is 0 Å². The number of benzene rings is 1. The van der Waals surface area contributed by atoms with Gasteiger partial charge in [-0.3, -0.25) is 0 Å². The summed E-state index contributed by atoms with van der Waals surface area (Å²) in [5.74, 6) is 0.813. The van der Waals surface area contributed by atoms with Crippen molar-refractivity contribution in [2.24, 2.45) is 0 Å². The van der Waals surface area contributed by atoms with Crippen molar-refractivity contribution in [3.8, 4) is 5.75 Å². The van der Waals surface area contributed by atoms with Crippen LogP contribution in [0.1, 0.15) is 18.6 Å². The van der Waals surface area contributed by atoms with Gasteiger partial charge in [0.05, 0.1) is 0 Å². The first-order chi connectivity index (χ1) is 5.29. The molecule has 1 aromatic rings. The molecule has 1 aliphatic heterocycles. The monoisotopic (exact) mass is 150 g/mol. The Morgan fingerprint density at radius 3 is 2.82 bits per heavy atom. The summed E-state index contributed by atoms with van der Waals surface area (Å²) in [4.78, 5) is 0. The molecule has 0 aliphatic carbocycles. The highest BCUT2D eigenvalue weighted by atomic mass is 16.5. The number of aliphatic hydroxyl groups excluding tert-OH is 1. The third-order valence-electron chi connectivity index (χ3n) is 2.00. The topological polar surface area (TPSA) is 29.5 Å². The number of fused-ring (bicyclic) bond motifs is 1. The minimum absolute atomic E-state index is 0.104. The summed E-state index contributed by atoms with van der Waals surface area (Å²) in [5.41, 5.74) is 0.903. The van der Waals surface area contributed by atoms with Gasteiger partial charge in [0.15, 0.2) is 0 Å². The Balaban J connectivity index is 2.47. The molecule has 2 atom stereocenters. The van der Waals surface area contributed by atoms with Crippen LogP contribution in [-0.2, 0) is 0 Å². The number of aliphatic hydroxyl groups is 1. The van der Waals surface area contributed by atoms with Crippen molar-refractivity contribution >= 4 is 0 Å². The summed E-state index contributed by atoms with van der Waals surface area (Å²) in [6.07, 6.45) is -0.557. The Hall–Kier alpha value is -1.02. The van der Waals surface area contributed by atoms with Gasteiger partial charge in [-0.2, -0.15) is 0 Å². The van der Waals surface area contributed by atoms with Crippen molar-refractivity contribution in [1.82, 2.24) is 0 Å². The molecule has 2 nitrogen and oxygen atoms in total. The third kappa shape index (κ3) is 0.906.